The molecule has 0 saturated heterocycles. The second-order valence-corrected chi connectivity index (χ2v) is 4.88. The largest absolute Gasteiger partial charge is 0.364 e. The van der Waals surface area contributed by atoms with Gasteiger partial charge >= 0.3 is 0 Å². The summed E-state index contributed by atoms with van der Waals surface area (Å²) in [6.45, 7) is 4.65. The molecule has 18 heavy (non-hydrogen) atoms. The molecule has 0 fully saturated rings. The molecule has 5 nitrogen and oxygen atoms in total. The molecule has 0 aromatic carbocycles. The van der Waals surface area contributed by atoms with Gasteiger partial charge in [-0.15, -0.1) is 0 Å². The zero-order valence-electron chi connectivity index (χ0n) is 11.5. The van der Waals surface area contributed by atoms with E-state index in [2.05, 4.69) is 17.2 Å². The van der Waals surface area contributed by atoms with Gasteiger partial charge in [-0.2, -0.15) is 0 Å². The van der Waals surface area contributed by atoms with Crippen LogP contribution in [0.25, 0.3) is 0 Å². The Morgan fingerprint density at radius 1 is 1.50 bits per heavy atom. The molecular weight excluding hydrogens is 228 g/mol. The van der Waals surface area contributed by atoms with Crippen LogP contribution < -0.4 is 11.1 Å². The van der Waals surface area contributed by atoms with Crippen molar-refractivity contribution in [3.63, 3.8) is 0 Å². The van der Waals surface area contributed by atoms with Crippen LogP contribution in [-0.4, -0.2) is 42.0 Å². The van der Waals surface area contributed by atoms with Crippen LogP contribution in [0.3, 0.4) is 0 Å². The predicted molar refractivity (Wildman–Crippen MR) is 73.6 cm³/mol. The summed E-state index contributed by atoms with van der Waals surface area (Å²) in [5.74, 6) is 0.686. The maximum absolute atomic E-state index is 11.7. The third-order valence-corrected chi connectivity index (χ3v) is 3.08. The molecule has 1 aromatic heterocycles. The van der Waals surface area contributed by atoms with Crippen LogP contribution in [0.4, 0.5) is 5.82 Å². The van der Waals surface area contributed by atoms with Crippen molar-refractivity contribution in [1.29, 1.82) is 0 Å². The number of nitrogens with one attached hydrogen (secondary N) is 1. The van der Waals surface area contributed by atoms with E-state index in [4.69, 9.17) is 5.73 Å². The van der Waals surface area contributed by atoms with E-state index in [0.29, 0.717) is 12.1 Å². The first kappa shape index (κ1) is 14.4. The van der Waals surface area contributed by atoms with E-state index in [1.54, 1.807) is 32.4 Å². The minimum atomic E-state index is -0.167. The van der Waals surface area contributed by atoms with Gasteiger partial charge in [0.05, 0.1) is 5.56 Å². The summed E-state index contributed by atoms with van der Waals surface area (Å²) in [4.78, 5) is 17.5. The van der Waals surface area contributed by atoms with Crippen molar-refractivity contribution in [3.05, 3.63) is 23.9 Å². The number of aromatic nitrogens is 1. The summed E-state index contributed by atoms with van der Waals surface area (Å²) in [5, 5.41) is 3.29. The number of amides is 1. The number of hydrogen-bond donors (Lipinski definition) is 2. The number of carbonyl (C=O) groups is 1. The van der Waals surface area contributed by atoms with E-state index in [0.717, 1.165) is 12.2 Å². The van der Waals surface area contributed by atoms with E-state index < -0.39 is 0 Å². The average molecular weight is 250 g/mol. The predicted octanol–water partition coefficient (Wildman–Crippen LogP) is 1.32. The molecule has 0 aliphatic heterocycles. The fraction of sp³-hybridized carbons (Fsp3) is 0.538. The summed E-state index contributed by atoms with van der Waals surface area (Å²) in [6, 6.07) is 3.57. The Hall–Kier alpha value is -1.62. The molecule has 0 radical (unpaired) electrons. The van der Waals surface area contributed by atoms with Crippen LogP contribution in [0.15, 0.2) is 18.3 Å². The highest BCUT2D eigenvalue weighted by Crippen LogP contribution is 2.16. The number of carbonyl (C=O) groups excluding carboxylic acids is 1. The fourth-order valence-corrected chi connectivity index (χ4v) is 1.45. The number of hydrogen-bond acceptors (Lipinski definition) is 4. The van der Waals surface area contributed by atoms with Crippen LogP contribution in [0, 0.1) is 0 Å². The van der Waals surface area contributed by atoms with Gasteiger partial charge < -0.3 is 16.0 Å². The van der Waals surface area contributed by atoms with Gasteiger partial charge in [0.15, 0.2) is 0 Å². The summed E-state index contributed by atoms with van der Waals surface area (Å²) < 4.78 is 0. The number of nitrogens with two attached hydrogens (primary N) is 1. The fourth-order valence-electron chi connectivity index (χ4n) is 1.45. The summed E-state index contributed by atoms with van der Waals surface area (Å²) in [6.07, 6.45) is 2.49. The molecule has 1 unspecified atom stereocenters. The topological polar surface area (TPSA) is 71.2 Å². The molecule has 1 amide bonds. The molecule has 100 valence electrons. The molecule has 0 aliphatic carbocycles. The summed E-state index contributed by atoms with van der Waals surface area (Å²) in [7, 11) is 3.44. The van der Waals surface area contributed by atoms with E-state index in [-0.39, 0.29) is 11.4 Å². The molecule has 1 aromatic rings. The molecule has 0 aliphatic rings. The lowest BCUT2D eigenvalue weighted by Crippen LogP contribution is -2.42. The van der Waals surface area contributed by atoms with Crippen LogP contribution in [-0.2, 0) is 0 Å². The third kappa shape index (κ3) is 3.43. The lowest BCUT2D eigenvalue weighted by molar-refractivity contribution is 0.0827. The van der Waals surface area contributed by atoms with Crippen molar-refractivity contribution < 1.29 is 4.79 Å². The summed E-state index contributed by atoms with van der Waals surface area (Å²) in [5.41, 5.74) is 6.15. The molecule has 0 spiro atoms. The number of anilines is 1. The zero-order valence-corrected chi connectivity index (χ0v) is 11.5. The van der Waals surface area contributed by atoms with Gasteiger partial charge in [-0.1, -0.05) is 6.92 Å². The Balaban J connectivity index is 2.81. The third-order valence-electron chi connectivity index (χ3n) is 3.08. The average Bonchev–Trinajstić information content (AvgIpc) is 2.38. The zero-order chi connectivity index (χ0) is 13.8. The van der Waals surface area contributed by atoms with E-state index >= 15 is 0 Å². The molecule has 1 heterocycles. The van der Waals surface area contributed by atoms with Gasteiger partial charge in [-0.25, -0.2) is 4.98 Å². The molecule has 1 rings (SSSR count). The van der Waals surface area contributed by atoms with Gasteiger partial charge in [0.25, 0.3) is 5.91 Å². The first-order valence-electron chi connectivity index (χ1n) is 6.08. The standard InChI is InChI=1S/C13H22N4O/c1-5-13(2,9-14)16-11-7-6-10(8-15-11)12(18)17(3)4/h6-8H,5,9,14H2,1-4H3,(H,15,16). The van der Waals surface area contributed by atoms with E-state index in [1.165, 1.54) is 4.90 Å². The maximum Gasteiger partial charge on any atom is 0.254 e. The van der Waals surface area contributed by atoms with Crippen LogP contribution in [0.2, 0.25) is 0 Å². The SMILES string of the molecule is CCC(C)(CN)Nc1ccc(C(=O)N(C)C)cn1. The number of rotatable bonds is 5. The number of pyridine rings is 1. The lowest BCUT2D eigenvalue weighted by Gasteiger charge is -2.28. The van der Waals surface area contributed by atoms with Crippen LogP contribution in [0.5, 0.6) is 0 Å². The van der Waals surface area contributed by atoms with Gasteiger partial charge in [0.2, 0.25) is 0 Å². The molecule has 0 saturated carbocycles. The minimum absolute atomic E-state index is 0.0499. The Morgan fingerprint density at radius 2 is 2.17 bits per heavy atom. The first-order valence-corrected chi connectivity index (χ1v) is 6.08. The van der Waals surface area contributed by atoms with Gasteiger partial charge in [0.1, 0.15) is 5.82 Å². The Labute approximate surface area is 108 Å². The van der Waals surface area contributed by atoms with Crippen LogP contribution in [0.1, 0.15) is 30.6 Å². The first-order chi connectivity index (χ1) is 8.41. The van der Waals surface area contributed by atoms with Crippen molar-refractivity contribution >= 4 is 11.7 Å². The normalized spacial score (nSPS) is 13.8. The minimum Gasteiger partial charge on any atom is -0.364 e. The highest BCUT2D eigenvalue weighted by Gasteiger charge is 2.20. The van der Waals surface area contributed by atoms with Crippen molar-refractivity contribution in [1.82, 2.24) is 9.88 Å². The molecule has 0 bridgehead atoms. The monoisotopic (exact) mass is 250 g/mol. The second kappa shape index (κ2) is 5.82. The van der Waals surface area contributed by atoms with Crippen molar-refractivity contribution in [3.8, 4) is 0 Å². The highest BCUT2D eigenvalue weighted by molar-refractivity contribution is 5.93. The maximum atomic E-state index is 11.7. The van der Waals surface area contributed by atoms with Gasteiger partial charge in [-0.05, 0) is 25.5 Å². The van der Waals surface area contributed by atoms with Gasteiger partial charge in [0, 0.05) is 32.4 Å². The molecular formula is C13H22N4O. The second-order valence-electron chi connectivity index (χ2n) is 4.88. The van der Waals surface area contributed by atoms with E-state index in [9.17, 15) is 4.79 Å². The Bertz CT molecular complexity index is 396. The summed E-state index contributed by atoms with van der Waals surface area (Å²) >= 11 is 0. The van der Waals surface area contributed by atoms with Gasteiger partial charge in [-0.3, -0.25) is 4.79 Å². The highest BCUT2D eigenvalue weighted by atomic mass is 16.2. The number of nitrogens with zero attached hydrogens (tertiary/aromatic N) is 2. The molecule has 1 atom stereocenters. The van der Waals surface area contributed by atoms with E-state index in [1.807, 2.05) is 6.92 Å². The Kier molecular flexibility index (Phi) is 4.67. The molecule has 5 heteroatoms. The van der Waals surface area contributed by atoms with Crippen LogP contribution >= 0.6 is 0 Å². The molecule has 3 N–H and O–H groups in total. The van der Waals surface area contributed by atoms with Crippen molar-refractivity contribution in [2.75, 3.05) is 26.0 Å². The lowest BCUT2D eigenvalue weighted by atomic mass is 9.99. The smallest absolute Gasteiger partial charge is 0.254 e. The quantitative estimate of drug-likeness (QED) is 0.827. The van der Waals surface area contributed by atoms with Crippen molar-refractivity contribution in [2.24, 2.45) is 5.73 Å². The Morgan fingerprint density at radius 3 is 2.56 bits per heavy atom. The van der Waals surface area contributed by atoms with Crippen molar-refractivity contribution in [2.45, 2.75) is 25.8 Å².